The number of piperidine rings is 1. The fourth-order valence-corrected chi connectivity index (χ4v) is 3.68. The van der Waals surface area contributed by atoms with Crippen LogP contribution in [0.4, 0.5) is 0 Å². The van der Waals surface area contributed by atoms with Crippen LogP contribution >= 0.6 is 23.7 Å². The van der Waals surface area contributed by atoms with Gasteiger partial charge in [0.25, 0.3) is 5.91 Å². The van der Waals surface area contributed by atoms with Gasteiger partial charge in [0.2, 0.25) is 0 Å². The first kappa shape index (κ1) is 19.4. The number of carbonyl (C=O) groups excluding carboxylic acids is 1. The molecule has 1 saturated heterocycles. The summed E-state index contributed by atoms with van der Waals surface area (Å²) < 4.78 is 0. The first-order chi connectivity index (χ1) is 10.1. The smallest absolute Gasteiger partial charge is 0.273 e. The van der Waals surface area contributed by atoms with Gasteiger partial charge in [0, 0.05) is 24.4 Å². The summed E-state index contributed by atoms with van der Waals surface area (Å²) in [7, 11) is 0. The van der Waals surface area contributed by atoms with E-state index >= 15 is 0 Å². The number of hydrogen-bond donors (Lipinski definition) is 1. The summed E-state index contributed by atoms with van der Waals surface area (Å²) in [4.78, 5) is 19.2. The molecule has 2 rings (SSSR count). The number of hydrogen-bond acceptors (Lipinski definition) is 4. The Labute approximate surface area is 143 Å². The van der Waals surface area contributed by atoms with Crippen molar-refractivity contribution < 1.29 is 4.79 Å². The van der Waals surface area contributed by atoms with Crippen molar-refractivity contribution in [1.82, 2.24) is 9.88 Å². The quantitative estimate of drug-likeness (QED) is 0.858. The predicted molar refractivity (Wildman–Crippen MR) is 94.9 cm³/mol. The molecule has 1 aliphatic rings. The van der Waals surface area contributed by atoms with Gasteiger partial charge in [-0.15, -0.1) is 23.7 Å². The zero-order chi connectivity index (χ0) is 15.2. The van der Waals surface area contributed by atoms with Crippen LogP contribution in [0.1, 0.15) is 61.4 Å². The molecule has 126 valence electrons. The second kappa shape index (κ2) is 9.48. The topological polar surface area (TPSA) is 59.2 Å². The zero-order valence-electron chi connectivity index (χ0n) is 13.6. The van der Waals surface area contributed by atoms with Gasteiger partial charge in [0.15, 0.2) is 0 Å². The molecular formula is C16H28ClN3OS. The lowest BCUT2D eigenvalue weighted by Gasteiger charge is -2.35. The fraction of sp³-hybridized carbons (Fsp3) is 0.750. The van der Waals surface area contributed by atoms with Crippen molar-refractivity contribution in [1.29, 1.82) is 0 Å². The van der Waals surface area contributed by atoms with E-state index in [0.29, 0.717) is 24.2 Å². The number of likely N-dealkylation sites (tertiary alicyclic amines) is 1. The van der Waals surface area contributed by atoms with E-state index in [-0.39, 0.29) is 18.3 Å². The number of carbonyl (C=O) groups is 1. The van der Waals surface area contributed by atoms with E-state index in [1.54, 1.807) is 11.3 Å². The highest BCUT2D eigenvalue weighted by atomic mass is 35.5. The highest BCUT2D eigenvalue weighted by Crippen LogP contribution is 2.25. The van der Waals surface area contributed by atoms with Crippen LogP contribution in [0.15, 0.2) is 5.38 Å². The van der Waals surface area contributed by atoms with E-state index in [4.69, 9.17) is 5.73 Å². The average molecular weight is 346 g/mol. The number of aromatic nitrogens is 1. The number of amides is 1. The third kappa shape index (κ3) is 5.21. The van der Waals surface area contributed by atoms with E-state index in [1.165, 1.54) is 12.8 Å². The Hall–Kier alpha value is -0.650. The molecule has 0 bridgehead atoms. The van der Waals surface area contributed by atoms with E-state index in [2.05, 4.69) is 23.7 Å². The molecule has 1 aromatic heterocycles. The molecule has 1 aromatic rings. The minimum atomic E-state index is 0. The van der Waals surface area contributed by atoms with Gasteiger partial charge in [-0.05, 0) is 44.6 Å². The van der Waals surface area contributed by atoms with Gasteiger partial charge in [0.1, 0.15) is 5.69 Å². The molecule has 1 amide bonds. The largest absolute Gasteiger partial charge is 0.334 e. The van der Waals surface area contributed by atoms with Crippen molar-refractivity contribution >= 4 is 29.7 Å². The molecular weight excluding hydrogens is 318 g/mol. The Morgan fingerprint density at radius 1 is 1.50 bits per heavy atom. The second-order valence-electron chi connectivity index (χ2n) is 6.28. The Morgan fingerprint density at radius 2 is 2.27 bits per heavy atom. The zero-order valence-corrected chi connectivity index (χ0v) is 15.2. The van der Waals surface area contributed by atoms with Crippen molar-refractivity contribution in [3.8, 4) is 0 Å². The summed E-state index contributed by atoms with van der Waals surface area (Å²) in [5, 5.41) is 2.86. The molecule has 2 heterocycles. The van der Waals surface area contributed by atoms with Crippen molar-refractivity contribution in [3.63, 3.8) is 0 Å². The lowest BCUT2D eigenvalue weighted by Crippen LogP contribution is -2.44. The van der Waals surface area contributed by atoms with Gasteiger partial charge in [-0.1, -0.05) is 13.8 Å². The predicted octanol–water partition coefficient (Wildman–Crippen LogP) is 3.50. The molecule has 6 heteroatoms. The van der Waals surface area contributed by atoms with Crippen molar-refractivity contribution in [3.05, 3.63) is 16.1 Å². The minimum absolute atomic E-state index is 0. The highest BCUT2D eigenvalue weighted by Gasteiger charge is 2.28. The average Bonchev–Trinajstić information content (AvgIpc) is 2.94. The highest BCUT2D eigenvalue weighted by molar-refractivity contribution is 7.09. The van der Waals surface area contributed by atoms with E-state index < -0.39 is 0 Å². The van der Waals surface area contributed by atoms with Crippen LogP contribution in [-0.4, -0.2) is 34.9 Å². The van der Waals surface area contributed by atoms with Gasteiger partial charge in [-0.25, -0.2) is 4.98 Å². The Kier molecular flexibility index (Phi) is 8.36. The molecule has 2 N–H and O–H groups in total. The summed E-state index contributed by atoms with van der Waals surface area (Å²) in [5.41, 5.74) is 6.16. The lowest BCUT2D eigenvalue weighted by molar-refractivity contribution is 0.0588. The minimum Gasteiger partial charge on any atom is -0.334 e. The maximum atomic E-state index is 12.7. The summed E-state index contributed by atoms with van der Waals surface area (Å²) in [6.45, 7) is 5.95. The van der Waals surface area contributed by atoms with Gasteiger partial charge in [0.05, 0.1) is 5.01 Å². The first-order valence-electron chi connectivity index (χ1n) is 8.07. The molecule has 1 aliphatic heterocycles. The first-order valence-corrected chi connectivity index (χ1v) is 8.95. The van der Waals surface area contributed by atoms with Crippen LogP contribution in [0, 0.1) is 5.92 Å². The molecule has 1 atom stereocenters. The van der Waals surface area contributed by atoms with Crippen LogP contribution in [0.25, 0.3) is 0 Å². The molecule has 4 nitrogen and oxygen atoms in total. The fourth-order valence-electron chi connectivity index (χ4n) is 2.89. The van der Waals surface area contributed by atoms with Crippen LogP contribution in [0.2, 0.25) is 0 Å². The van der Waals surface area contributed by atoms with Crippen LogP contribution in [-0.2, 0) is 6.42 Å². The summed E-state index contributed by atoms with van der Waals surface area (Å²) >= 11 is 1.55. The second-order valence-corrected chi connectivity index (χ2v) is 7.23. The van der Waals surface area contributed by atoms with Gasteiger partial charge in [-0.3, -0.25) is 4.79 Å². The number of nitrogens with zero attached hydrogens (tertiary/aromatic N) is 2. The van der Waals surface area contributed by atoms with Crippen molar-refractivity contribution in [2.75, 3.05) is 13.1 Å². The molecule has 1 fully saturated rings. The van der Waals surface area contributed by atoms with E-state index in [1.807, 2.05) is 5.38 Å². The van der Waals surface area contributed by atoms with E-state index in [9.17, 15) is 4.79 Å². The summed E-state index contributed by atoms with van der Waals surface area (Å²) in [6.07, 6.45) is 6.55. The molecule has 0 saturated carbocycles. The van der Waals surface area contributed by atoms with E-state index in [0.717, 1.165) is 37.2 Å². The third-order valence-corrected chi connectivity index (χ3v) is 5.00. The standard InChI is InChI=1S/C16H27N3OS.ClH/c1-12(2)6-7-13-5-3-4-10-19(13)16(20)14-11-21-15(18-14)8-9-17;/h11-13H,3-10,17H2,1-2H3;1H. The molecule has 22 heavy (non-hydrogen) atoms. The van der Waals surface area contributed by atoms with Gasteiger partial charge in [-0.2, -0.15) is 0 Å². The van der Waals surface area contributed by atoms with Crippen molar-refractivity contribution in [2.45, 2.75) is 58.4 Å². The Morgan fingerprint density at radius 3 is 2.95 bits per heavy atom. The Balaban J connectivity index is 0.00000242. The molecule has 0 spiro atoms. The monoisotopic (exact) mass is 345 g/mol. The summed E-state index contributed by atoms with van der Waals surface area (Å²) in [5.74, 6) is 0.808. The molecule has 0 aromatic carbocycles. The van der Waals surface area contributed by atoms with Crippen molar-refractivity contribution in [2.24, 2.45) is 11.7 Å². The third-order valence-electron chi connectivity index (χ3n) is 4.09. The maximum Gasteiger partial charge on any atom is 0.273 e. The van der Waals surface area contributed by atoms with Crippen LogP contribution in [0.3, 0.4) is 0 Å². The SMILES string of the molecule is CC(C)CCC1CCCCN1C(=O)c1csc(CCN)n1.Cl. The van der Waals surface area contributed by atoms with Gasteiger partial charge >= 0.3 is 0 Å². The molecule has 0 radical (unpaired) electrons. The van der Waals surface area contributed by atoms with Crippen LogP contribution in [0.5, 0.6) is 0 Å². The number of nitrogens with two attached hydrogens (primary N) is 1. The number of halogens is 1. The maximum absolute atomic E-state index is 12.7. The number of thiazole rings is 1. The number of rotatable bonds is 6. The molecule has 0 aliphatic carbocycles. The van der Waals surface area contributed by atoms with Crippen LogP contribution < -0.4 is 5.73 Å². The Bertz CT molecular complexity index is 464. The molecule has 1 unspecified atom stereocenters. The summed E-state index contributed by atoms with van der Waals surface area (Å²) in [6, 6.07) is 0.397. The normalized spacial score (nSPS) is 18.4. The lowest BCUT2D eigenvalue weighted by atomic mass is 9.94. The van der Waals surface area contributed by atoms with Gasteiger partial charge < -0.3 is 10.6 Å².